The van der Waals surface area contributed by atoms with E-state index in [-0.39, 0.29) is 0 Å². The van der Waals surface area contributed by atoms with Crippen LogP contribution in [0.5, 0.6) is 0 Å². The van der Waals surface area contributed by atoms with E-state index < -0.39 is 0 Å². The van der Waals surface area contributed by atoms with Gasteiger partial charge in [-0.05, 0) is 92.2 Å². The van der Waals surface area contributed by atoms with Crippen molar-refractivity contribution in [3.8, 4) is 39.4 Å². The minimum atomic E-state index is 0.594. The van der Waals surface area contributed by atoms with Gasteiger partial charge in [0.25, 0.3) is 0 Å². The maximum absolute atomic E-state index is 9.77. The van der Waals surface area contributed by atoms with E-state index in [1.807, 2.05) is 30.3 Å². The van der Waals surface area contributed by atoms with Gasteiger partial charge in [-0.2, -0.15) is 5.26 Å². The molecule has 0 saturated carbocycles. The highest BCUT2D eigenvalue weighted by molar-refractivity contribution is 6.18. The summed E-state index contributed by atoms with van der Waals surface area (Å²) in [5.41, 5.74) is 12.0. The van der Waals surface area contributed by atoms with Crippen molar-refractivity contribution in [3.63, 3.8) is 0 Å². The summed E-state index contributed by atoms with van der Waals surface area (Å²) in [7, 11) is 1.74. The molecule has 0 unspecified atom stereocenters. The maximum Gasteiger partial charge on any atom is 0.0992 e. The van der Waals surface area contributed by atoms with Gasteiger partial charge >= 0.3 is 0 Å². The second kappa shape index (κ2) is 9.69. The quantitative estimate of drug-likeness (QED) is 0.216. The molecule has 6 aromatic rings. The standard InChI is InChI=1S/C37H25N3/c1-39-24-26-19-25(23-38)20-30(21-26)40(28-10-3-2-4-11-28)29-12-7-9-27(22-29)31-17-18-36-33-14-6-5-13-32(33)35-16-8-15-34(31)37(35)36/h2-22,24H,1H3. The van der Waals surface area contributed by atoms with Gasteiger partial charge in [0.2, 0.25) is 0 Å². The molecule has 3 heteroatoms. The van der Waals surface area contributed by atoms with Gasteiger partial charge in [-0.25, -0.2) is 0 Å². The first kappa shape index (κ1) is 23.6. The van der Waals surface area contributed by atoms with Crippen LogP contribution in [-0.4, -0.2) is 13.3 Å². The lowest BCUT2D eigenvalue weighted by Crippen LogP contribution is -2.10. The van der Waals surface area contributed by atoms with Crippen molar-refractivity contribution >= 4 is 34.0 Å². The van der Waals surface area contributed by atoms with Crippen molar-refractivity contribution in [2.45, 2.75) is 0 Å². The number of para-hydroxylation sites is 1. The number of fused-ring (bicyclic) bond motifs is 3. The van der Waals surface area contributed by atoms with E-state index in [1.54, 1.807) is 13.3 Å². The lowest BCUT2D eigenvalue weighted by Gasteiger charge is -2.26. The topological polar surface area (TPSA) is 39.4 Å². The molecule has 188 valence electrons. The lowest BCUT2D eigenvalue weighted by molar-refractivity contribution is 1.28. The van der Waals surface area contributed by atoms with Gasteiger partial charge in [0.05, 0.1) is 11.6 Å². The Kier molecular flexibility index (Phi) is 5.73. The average molecular weight is 512 g/mol. The molecular formula is C37H25N3. The van der Waals surface area contributed by atoms with Gasteiger partial charge in [-0.15, -0.1) is 0 Å². The van der Waals surface area contributed by atoms with E-state index >= 15 is 0 Å². The molecular weight excluding hydrogens is 486 g/mol. The zero-order chi connectivity index (χ0) is 27.1. The van der Waals surface area contributed by atoms with Gasteiger partial charge in [-0.1, -0.05) is 84.9 Å². The fraction of sp³-hybridized carbons (Fsp3) is 0.0270. The van der Waals surface area contributed by atoms with Crippen molar-refractivity contribution in [2.24, 2.45) is 4.99 Å². The Bertz CT molecular complexity index is 1950. The molecule has 0 heterocycles. The summed E-state index contributed by atoms with van der Waals surface area (Å²) >= 11 is 0. The van der Waals surface area contributed by atoms with Crippen molar-refractivity contribution in [2.75, 3.05) is 11.9 Å². The minimum absolute atomic E-state index is 0.594. The largest absolute Gasteiger partial charge is 0.310 e. The summed E-state index contributed by atoms with van der Waals surface area (Å²) in [6.45, 7) is 0. The Morgan fingerprint density at radius 1 is 0.600 bits per heavy atom. The summed E-state index contributed by atoms with van der Waals surface area (Å²) in [6.07, 6.45) is 1.79. The Balaban J connectivity index is 1.41. The predicted molar refractivity (Wildman–Crippen MR) is 167 cm³/mol. The zero-order valence-corrected chi connectivity index (χ0v) is 22.0. The van der Waals surface area contributed by atoms with Crippen LogP contribution in [-0.2, 0) is 0 Å². The van der Waals surface area contributed by atoms with Gasteiger partial charge in [0.1, 0.15) is 0 Å². The summed E-state index contributed by atoms with van der Waals surface area (Å²) in [4.78, 5) is 6.39. The second-order valence-electron chi connectivity index (χ2n) is 9.97. The number of anilines is 3. The number of nitriles is 1. The van der Waals surface area contributed by atoms with E-state index in [0.717, 1.165) is 28.2 Å². The number of hydrogen-bond acceptors (Lipinski definition) is 3. The predicted octanol–water partition coefficient (Wildman–Crippen LogP) is 9.54. The van der Waals surface area contributed by atoms with Crippen LogP contribution in [0.1, 0.15) is 11.1 Å². The molecule has 0 N–H and O–H groups in total. The molecule has 40 heavy (non-hydrogen) atoms. The molecule has 0 saturated heterocycles. The Hall–Kier alpha value is -5.46. The smallest absolute Gasteiger partial charge is 0.0992 e. The van der Waals surface area contributed by atoms with Crippen LogP contribution < -0.4 is 4.90 Å². The molecule has 7 rings (SSSR count). The van der Waals surface area contributed by atoms with Crippen LogP contribution >= 0.6 is 0 Å². The molecule has 0 fully saturated rings. The lowest BCUT2D eigenvalue weighted by atomic mass is 9.94. The van der Waals surface area contributed by atoms with Crippen molar-refractivity contribution in [1.82, 2.24) is 0 Å². The molecule has 0 bridgehead atoms. The maximum atomic E-state index is 9.77. The average Bonchev–Trinajstić information content (AvgIpc) is 3.33. The molecule has 0 aromatic heterocycles. The highest BCUT2D eigenvalue weighted by Gasteiger charge is 2.22. The fourth-order valence-corrected chi connectivity index (χ4v) is 5.95. The third-order valence-corrected chi connectivity index (χ3v) is 7.58. The summed E-state index contributed by atoms with van der Waals surface area (Å²) < 4.78 is 0. The van der Waals surface area contributed by atoms with Crippen LogP contribution in [0.4, 0.5) is 17.1 Å². The van der Waals surface area contributed by atoms with E-state index in [1.165, 1.54) is 38.6 Å². The van der Waals surface area contributed by atoms with E-state index in [0.29, 0.717) is 5.56 Å². The Morgan fingerprint density at radius 3 is 2.05 bits per heavy atom. The highest BCUT2D eigenvalue weighted by atomic mass is 15.1. The number of aliphatic imine (C=N–C) groups is 1. The summed E-state index contributed by atoms with van der Waals surface area (Å²) in [5, 5.41) is 12.3. The van der Waals surface area contributed by atoms with Crippen LogP contribution in [0.25, 0.3) is 44.2 Å². The number of benzene rings is 6. The van der Waals surface area contributed by atoms with Crippen LogP contribution in [0, 0.1) is 11.3 Å². The van der Waals surface area contributed by atoms with E-state index in [2.05, 4.69) is 113 Å². The van der Waals surface area contributed by atoms with Gasteiger partial charge in [0, 0.05) is 30.3 Å². The van der Waals surface area contributed by atoms with Gasteiger partial charge < -0.3 is 4.90 Å². The van der Waals surface area contributed by atoms with Crippen LogP contribution in [0.2, 0.25) is 0 Å². The monoisotopic (exact) mass is 511 g/mol. The first-order chi connectivity index (χ1) is 19.7. The van der Waals surface area contributed by atoms with E-state index in [4.69, 9.17) is 0 Å². The summed E-state index contributed by atoms with van der Waals surface area (Å²) in [5.74, 6) is 0. The Labute approximate surface area is 233 Å². The van der Waals surface area contributed by atoms with Gasteiger partial charge in [-0.3, -0.25) is 4.99 Å². The van der Waals surface area contributed by atoms with Crippen molar-refractivity contribution < 1.29 is 0 Å². The molecule has 6 aromatic carbocycles. The molecule has 1 aliphatic rings. The number of hydrogen-bond donors (Lipinski definition) is 0. The molecule has 0 atom stereocenters. The molecule has 0 amide bonds. The first-order valence-corrected chi connectivity index (χ1v) is 13.3. The molecule has 1 aliphatic carbocycles. The van der Waals surface area contributed by atoms with Crippen LogP contribution in [0.3, 0.4) is 0 Å². The number of rotatable bonds is 5. The summed E-state index contributed by atoms with van der Waals surface area (Å²) in [6, 6.07) is 46.9. The number of nitrogens with zero attached hydrogens (tertiary/aromatic N) is 3. The molecule has 0 aliphatic heterocycles. The third kappa shape index (κ3) is 3.86. The zero-order valence-electron chi connectivity index (χ0n) is 22.0. The van der Waals surface area contributed by atoms with Gasteiger partial charge in [0.15, 0.2) is 0 Å². The SMILES string of the molecule is CN=Cc1cc(C#N)cc(N(c2ccccc2)c2cccc(-c3ccc4c5c(cccc35)-c3ccccc3-4)c2)c1. The van der Waals surface area contributed by atoms with E-state index in [9.17, 15) is 5.26 Å². The normalized spacial score (nSPS) is 11.5. The van der Waals surface area contributed by atoms with Crippen molar-refractivity contribution in [1.29, 1.82) is 5.26 Å². The minimum Gasteiger partial charge on any atom is -0.310 e. The second-order valence-corrected chi connectivity index (χ2v) is 9.97. The van der Waals surface area contributed by atoms with Crippen molar-refractivity contribution in [3.05, 3.63) is 139 Å². The highest BCUT2D eigenvalue weighted by Crippen LogP contribution is 2.49. The first-order valence-electron chi connectivity index (χ1n) is 13.3. The molecule has 0 spiro atoms. The van der Waals surface area contributed by atoms with Crippen LogP contribution in [0.15, 0.2) is 132 Å². The molecule has 0 radical (unpaired) electrons. The third-order valence-electron chi connectivity index (χ3n) is 7.58. The molecule has 3 nitrogen and oxygen atoms in total. The Morgan fingerprint density at radius 2 is 1.27 bits per heavy atom. The fourth-order valence-electron chi connectivity index (χ4n) is 5.95.